The van der Waals surface area contributed by atoms with Gasteiger partial charge in [-0.1, -0.05) is 41.9 Å². The summed E-state index contributed by atoms with van der Waals surface area (Å²) in [5, 5.41) is 10.7. The second-order valence-corrected chi connectivity index (χ2v) is 6.72. The predicted molar refractivity (Wildman–Crippen MR) is 94.1 cm³/mol. The van der Waals surface area contributed by atoms with Gasteiger partial charge in [-0.3, -0.25) is 0 Å². The highest BCUT2D eigenvalue weighted by atomic mass is 35.5. The van der Waals surface area contributed by atoms with Crippen molar-refractivity contribution in [2.45, 2.75) is 25.7 Å². The summed E-state index contributed by atoms with van der Waals surface area (Å²) in [6.45, 7) is 0. The Labute approximate surface area is 139 Å². The third-order valence-electron chi connectivity index (χ3n) is 3.67. The van der Waals surface area contributed by atoms with E-state index in [9.17, 15) is 5.26 Å². The van der Waals surface area contributed by atoms with Crippen molar-refractivity contribution in [2.75, 3.05) is 0 Å². The minimum absolute atomic E-state index is 0.557. The Balaban J connectivity index is 1.85. The Kier molecular flexibility index (Phi) is 4.72. The number of halogens is 1. The van der Waals surface area contributed by atoms with Crippen LogP contribution in [-0.2, 0) is 12.8 Å². The smallest absolute Gasteiger partial charge is 0.134 e. The molecule has 0 aliphatic heterocycles. The van der Waals surface area contributed by atoms with Crippen LogP contribution in [0.5, 0.6) is 0 Å². The third-order valence-corrected chi connectivity index (χ3v) is 5.08. The van der Waals surface area contributed by atoms with Gasteiger partial charge >= 0.3 is 0 Å². The number of thiophene rings is 1. The number of fused-ring (bicyclic) bond motifs is 1. The molecule has 0 saturated heterocycles. The first-order valence-electron chi connectivity index (χ1n) is 7.29. The van der Waals surface area contributed by atoms with Gasteiger partial charge in [0.15, 0.2) is 0 Å². The summed E-state index contributed by atoms with van der Waals surface area (Å²) in [5.74, 6) is 0. The number of allylic oxidation sites excluding steroid dienone is 1. The standard InChI is InChI=1S/C18H15ClN2S/c19-14(10-13-6-2-1-3-7-13)12-21-18-16(11-20)15-8-4-5-9-17(15)22-18/h1-3,6-7,10,12H,4-5,8-9H2/b14-10-,21-12+. The average molecular weight is 327 g/mol. The molecule has 2 nitrogen and oxygen atoms in total. The van der Waals surface area contributed by atoms with Gasteiger partial charge in [0.05, 0.1) is 10.6 Å². The maximum atomic E-state index is 9.40. The Bertz CT molecular complexity index is 766. The van der Waals surface area contributed by atoms with Crippen LogP contribution in [0.15, 0.2) is 40.4 Å². The van der Waals surface area contributed by atoms with Crippen LogP contribution in [0, 0.1) is 11.3 Å². The highest BCUT2D eigenvalue weighted by Gasteiger charge is 2.20. The Hall–Kier alpha value is -1.89. The van der Waals surface area contributed by atoms with E-state index in [0.717, 1.165) is 35.4 Å². The van der Waals surface area contributed by atoms with Crippen LogP contribution in [0.4, 0.5) is 5.00 Å². The molecule has 1 heterocycles. The lowest BCUT2D eigenvalue weighted by atomic mass is 9.96. The zero-order valence-electron chi connectivity index (χ0n) is 12.1. The number of aliphatic imine (C=N–C) groups is 1. The van der Waals surface area contributed by atoms with E-state index in [0.29, 0.717) is 5.03 Å². The SMILES string of the molecule is N#Cc1c(/N=C/C(Cl)=C/c2ccccc2)sc2c1CCCC2. The van der Waals surface area contributed by atoms with Crippen molar-refractivity contribution in [3.63, 3.8) is 0 Å². The molecule has 0 radical (unpaired) electrons. The van der Waals surface area contributed by atoms with Gasteiger partial charge < -0.3 is 0 Å². The van der Waals surface area contributed by atoms with Crippen LogP contribution in [-0.4, -0.2) is 6.21 Å². The van der Waals surface area contributed by atoms with Gasteiger partial charge in [0.1, 0.15) is 11.1 Å². The number of aryl methyl sites for hydroxylation is 1. The molecule has 0 atom stereocenters. The number of rotatable bonds is 3. The summed E-state index contributed by atoms with van der Waals surface area (Å²) in [7, 11) is 0. The van der Waals surface area contributed by atoms with Crippen LogP contribution in [0.25, 0.3) is 6.08 Å². The molecule has 1 aliphatic rings. The molecular weight excluding hydrogens is 312 g/mol. The van der Waals surface area contributed by atoms with E-state index in [4.69, 9.17) is 11.6 Å². The average Bonchev–Trinajstić information content (AvgIpc) is 2.91. The fraction of sp³-hybridized carbons (Fsp3) is 0.222. The van der Waals surface area contributed by atoms with Crippen molar-refractivity contribution in [2.24, 2.45) is 4.99 Å². The molecule has 2 aromatic rings. The quantitative estimate of drug-likeness (QED) is 0.688. The lowest BCUT2D eigenvalue weighted by Crippen LogP contribution is -1.99. The van der Waals surface area contributed by atoms with Crippen molar-refractivity contribution < 1.29 is 0 Å². The van der Waals surface area contributed by atoms with Gasteiger partial charge in [0.25, 0.3) is 0 Å². The van der Waals surface area contributed by atoms with Crippen LogP contribution in [0.2, 0.25) is 0 Å². The molecule has 0 saturated carbocycles. The molecule has 0 N–H and O–H groups in total. The molecular formula is C18H15ClN2S. The van der Waals surface area contributed by atoms with Crippen LogP contribution < -0.4 is 0 Å². The van der Waals surface area contributed by atoms with Crippen molar-refractivity contribution >= 4 is 40.2 Å². The molecule has 1 aromatic carbocycles. The maximum absolute atomic E-state index is 9.40. The normalized spacial score (nSPS) is 14.8. The Morgan fingerprint density at radius 3 is 2.77 bits per heavy atom. The van der Waals surface area contributed by atoms with Crippen LogP contribution >= 0.6 is 22.9 Å². The van der Waals surface area contributed by atoms with Crippen LogP contribution in [0.3, 0.4) is 0 Å². The maximum Gasteiger partial charge on any atom is 0.134 e. The summed E-state index contributed by atoms with van der Waals surface area (Å²) >= 11 is 7.85. The number of benzene rings is 1. The second-order valence-electron chi connectivity index (χ2n) is 5.20. The largest absolute Gasteiger partial charge is 0.243 e. The van der Waals surface area contributed by atoms with E-state index in [1.54, 1.807) is 17.6 Å². The van der Waals surface area contributed by atoms with Crippen molar-refractivity contribution in [3.05, 3.63) is 56.9 Å². The molecule has 3 rings (SSSR count). The summed E-state index contributed by atoms with van der Waals surface area (Å²) in [6, 6.07) is 12.2. The molecule has 0 amide bonds. The van der Waals surface area contributed by atoms with E-state index in [-0.39, 0.29) is 0 Å². The van der Waals surface area contributed by atoms with E-state index >= 15 is 0 Å². The van der Waals surface area contributed by atoms with Crippen LogP contribution in [0.1, 0.15) is 34.4 Å². The summed E-state index contributed by atoms with van der Waals surface area (Å²) in [6.07, 6.45) is 7.93. The zero-order valence-corrected chi connectivity index (χ0v) is 13.6. The van der Waals surface area contributed by atoms with Crippen molar-refractivity contribution in [1.29, 1.82) is 5.26 Å². The van der Waals surface area contributed by atoms with Gasteiger partial charge in [-0.2, -0.15) is 5.26 Å². The van der Waals surface area contributed by atoms with Gasteiger partial charge in [-0.15, -0.1) is 11.3 Å². The van der Waals surface area contributed by atoms with E-state index < -0.39 is 0 Å². The van der Waals surface area contributed by atoms with Gasteiger partial charge in [-0.25, -0.2) is 4.99 Å². The predicted octanol–water partition coefficient (Wildman–Crippen LogP) is 5.48. The molecule has 22 heavy (non-hydrogen) atoms. The molecule has 1 aromatic heterocycles. The molecule has 110 valence electrons. The first-order valence-corrected chi connectivity index (χ1v) is 8.48. The fourth-order valence-electron chi connectivity index (χ4n) is 2.62. The molecule has 0 spiro atoms. The number of nitriles is 1. The van der Waals surface area contributed by atoms with E-state index in [2.05, 4.69) is 11.1 Å². The van der Waals surface area contributed by atoms with Gasteiger partial charge in [0.2, 0.25) is 0 Å². The third kappa shape index (κ3) is 3.30. The lowest BCUT2D eigenvalue weighted by molar-refractivity contribution is 0.696. The lowest BCUT2D eigenvalue weighted by Gasteiger charge is -2.09. The van der Waals surface area contributed by atoms with Gasteiger partial charge in [-0.05, 0) is 42.9 Å². The Morgan fingerprint density at radius 1 is 1.23 bits per heavy atom. The number of hydrogen-bond donors (Lipinski definition) is 0. The summed E-state index contributed by atoms with van der Waals surface area (Å²) in [5.41, 5.74) is 2.97. The fourth-order valence-corrected chi connectivity index (χ4v) is 3.98. The Morgan fingerprint density at radius 2 is 2.00 bits per heavy atom. The monoisotopic (exact) mass is 326 g/mol. The molecule has 1 aliphatic carbocycles. The first kappa shape index (κ1) is 15.0. The highest BCUT2D eigenvalue weighted by Crippen LogP contribution is 2.39. The van der Waals surface area contributed by atoms with E-state index in [1.165, 1.54) is 16.9 Å². The molecule has 0 fully saturated rings. The minimum atomic E-state index is 0.557. The van der Waals surface area contributed by atoms with Crippen molar-refractivity contribution in [1.82, 2.24) is 0 Å². The molecule has 0 unspecified atom stereocenters. The zero-order chi connectivity index (χ0) is 15.4. The second kappa shape index (κ2) is 6.91. The minimum Gasteiger partial charge on any atom is -0.243 e. The number of hydrogen-bond acceptors (Lipinski definition) is 3. The first-order chi connectivity index (χ1) is 10.8. The summed E-state index contributed by atoms with van der Waals surface area (Å²) < 4.78 is 0. The summed E-state index contributed by atoms with van der Waals surface area (Å²) in [4.78, 5) is 5.77. The topological polar surface area (TPSA) is 36.1 Å². The highest BCUT2D eigenvalue weighted by molar-refractivity contribution is 7.16. The molecule has 0 bridgehead atoms. The van der Waals surface area contributed by atoms with Gasteiger partial charge in [0, 0.05) is 11.1 Å². The van der Waals surface area contributed by atoms with E-state index in [1.807, 2.05) is 36.4 Å². The molecule has 4 heteroatoms. The number of nitrogens with zero attached hydrogens (tertiary/aromatic N) is 2. The van der Waals surface area contributed by atoms with Crippen molar-refractivity contribution in [3.8, 4) is 6.07 Å².